The van der Waals surface area contributed by atoms with Crippen LogP contribution in [-0.4, -0.2) is 51.9 Å². The van der Waals surface area contributed by atoms with Crippen LogP contribution in [0.25, 0.3) is 10.6 Å². The normalized spacial score (nSPS) is 11.4. The number of sulfonamides is 1. The SMILES string of the molecule is COc1ccc(-c2nc(C(=O)Nc3cccc(S(=O)(=O)N(C)C)c3)cs2)cc1OC. The van der Waals surface area contributed by atoms with Crippen molar-refractivity contribution in [1.29, 1.82) is 0 Å². The molecule has 0 aliphatic carbocycles. The van der Waals surface area contributed by atoms with E-state index in [2.05, 4.69) is 10.3 Å². The number of carbonyl (C=O) groups excluding carboxylic acids is 1. The van der Waals surface area contributed by atoms with E-state index in [1.165, 1.54) is 37.6 Å². The van der Waals surface area contributed by atoms with Crippen molar-refractivity contribution in [3.63, 3.8) is 0 Å². The van der Waals surface area contributed by atoms with Gasteiger partial charge < -0.3 is 14.8 Å². The Kier molecular flexibility index (Phi) is 6.40. The Labute approximate surface area is 179 Å². The van der Waals surface area contributed by atoms with Gasteiger partial charge in [-0.2, -0.15) is 0 Å². The number of ether oxygens (including phenoxy) is 2. The number of thiazole rings is 1. The van der Waals surface area contributed by atoms with Crippen LogP contribution < -0.4 is 14.8 Å². The smallest absolute Gasteiger partial charge is 0.275 e. The van der Waals surface area contributed by atoms with Crippen LogP contribution in [0.15, 0.2) is 52.7 Å². The van der Waals surface area contributed by atoms with Gasteiger partial charge in [0.15, 0.2) is 11.5 Å². The lowest BCUT2D eigenvalue weighted by Crippen LogP contribution is -2.22. The summed E-state index contributed by atoms with van der Waals surface area (Å²) in [5, 5.41) is 4.98. The Morgan fingerprint density at radius 3 is 2.47 bits per heavy atom. The maximum absolute atomic E-state index is 12.6. The molecule has 0 radical (unpaired) electrons. The molecule has 10 heteroatoms. The minimum absolute atomic E-state index is 0.0922. The maximum Gasteiger partial charge on any atom is 0.275 e. The van der Waals surface area contributed by atoms with Gasteiger partial charge in [0.1, 0.15) is 10.7 Å². The fraction of sp³-hybridized carbons (Fsp3) is 0.200. The first-order valence-corrected chi connectivity index (χ1v) is 11.1. The second-order valence-corrected chi connectivity index (χ2v) is 9.39. The lowest BCUT2D eigenvalue weighted by Gasteiger charge is -2.12. The molecule has 30 heavy (non-hydrogen) atoms. The fourth-order valence-electron chi connectivity index (χ4n) is 2.62. The molecule has 0 fully saturated rings. The number of methoxy groups -OCH3 is 2. The molecule has 1 aromatic heterocycles. The van der Waals surface area contributed by atoms with Crippen molar-refractivity contribution in [3.05, 3.63) is 53.5 Å². The summed E-state index contributed by atoms with van der Waals surface area (Å²) in [4.78, 5) is 17.1. The van der Waals surface area contributed by atoms with Crippen molar-refractivity contribution >= 4 is 33.0 Å². The lowest BCUT2D eigenvalue weighted by molar-refractivity contribution is 0.102. The number of rotatable bonds is 7. The van der Waals surface area contributed by atoms with Gasteiger partial charge in [0.05, 0.1) is 19.1 Å². The first kappa shape index (κ1) is 21.8. The third-order valence-electron chi connectivity index (χ3n) is 4.24. The van der Waals surface area contributed by atoms with E-state index < -0.39 is 15.9 Å². The topological polar surface area (TPSA) is 97.8 Å². The zero-order chi connectivity index (χ0) is 21.9. The zero-order valence-electron chi connectivity index (χ0n) is 16.9. The Hall–Kier alpha value is -2.95. The second-order valence-electron chi connectivity index (χ2n) is 6.38. The molecule has 1 amide bonds. The van der Waals surface area contributed by atoms with Gasteiger partial charge in [-0.3, -0.25) is 4.79 Å². The molecule has 0 bridgehead atoms. The van der Waals surface area contributed by atoms with E-state index in [1.54, 1.807) is 43.9 Å². The molecule has 1 heterocycles. The third kappa shape index (κ3) is 4.45. The Morgan fingerprint density at radius 2 is 1.80 bits per heavy atom. The number of nitrogens with zero attached hydrogens (tertiary/aromatic N) is 2. The Morgan fingerprint density at radius 1 is 1.07 bits per heavy atom. The summed E-state index contributed by atoms with van der Waals surface area (Å²) < 4.78 is 36.2. The number of anilines is 1. The predicted octanol–water partition coefficient (Wildman–Crippen LogP) is 3.33. The van der Waals surface area contributed by atoms with E-state index in [1.807, 2.05) is 6.07 Å². The highest BCUT2D eigenvalue weighted by Gasteiger charge is 2.19. The first-order chi connectivity index (χ1) is 14.3. The van der Waals surface area contributed by atoms with Crippen LogP contribution in [0.2, 0.25) is 0 Å². The number of benzene rings is 2. The molecule has 0 aliphatic heterocycles. The number of aromatic nitrogens is 1. The van der Waals surface area contributed by atoms with Crippen LogP contribution in [0.3, 0.4) is 0 Å². The maximum atomic E-state index is 12.6. The highest BCUT2D eigenvalue weighted by Crippen LogP contribution is 2.33. The molecule has 8 nitrogen and oxygen atoms in total. The van der Waals surface area contributed by atoms with Gasteiger partial charge in [-0.25, -0.2) is 17.7 Å². The molecule has 3 aromatic rings. The third-order valence-corrected chi connectivity index (χ3v) is 6.94. The summed E-state index contributed by atoms with van der Waals surface area (Å²) in [6.45, 7) is 0. The van der Waals surface area contributed by atoms with Crippen LogP contribution in [0.4, 0.5) is 5.69 Å². The average Bonchev–Trinajstić information content (AvgIpc) is 3.23. The first-order valence-electron chi connectivity index (χ1n) is 8.78. The highest BCUT2D eigenvalue weighted by molar-refractivity contribution is 7.89. The van der Waals surface area contributed by atoms with Gasteiger partial charge in [-0.1, -0.05) is 6.07 Å². The Balaban J connectivity index is 1.81. The van der Waals surface area contributed by atoms with Crippen molar-refractivity contribution in [2.24, 2.45) is 0 Å². The lowest BCUT2D eigenvalue weighted by atomic mass is 10.2. The van der Waals surface area contributed by atoms with E-state index in [0.29, 0.717) is 22.2 Å². The molecule has 0 aliphatic rings. The van der Waals surface area contributed by atoms with Crippen LogP contribution in [0.1, 0.15) is 10.5 Å². The summed E-state index contributed by atoms with van der Waals surface area (Å²) in [5.74, 6) is 0.732. The molecule has 0 atom stereocenters. The summed E-state index contributed by atoms with van der Waals surface area (Å²) >= 11 is 1.31. The van der Waals surface area contributed by atoms with Crippen molar-refractivity contribution in [2.75, 3.05) is 33.6 Å². The van der Waals surface area contributed by atoms with Crippen LogP contribution in [0.5, 0.6) is 11.5 Å². The Bertz CT molecular complexity index is 1170. The van der Waals surface area contributed by atoms with Gasteiger partial charge in [-0.05, 0) is 36.4 Å². The van der Waals surface area contributed by atoms with E-state index >= 15 is 0 Å². The largest absolute Gasteiger partial charge is 0.493 e. The molecular weight excluding hydrogens is 426 g/mol. The van der Waals surface area contributed by atoms with Crippen LogP contribution >= 0.6 is 11.3 Å². The number of amides is 1. The van der Waals surface area contributed by atoms with Gasteiger partial charge in [0.25, 0.3) is 5.91 Å². The number of nitrogens with one attached hydrogen (secondary N) is 1. The molecule has 2 aromatic carbocycles. The van der Waals surface area contributed by atoms with Crippen molar-refractivity contribution in [3.8, 4) is 22.1 Å². The van der Waals surface area contributed by atoms with Gasteiger partial charge >= 0.3 is 0 Å². The zero-order valence-corrected chi connectivity index (χ0v) is 18.5. The molecule has 3 rings (SSSR count). The monoisotopic (exact) mass is 447 g/mol. The summed E-state index contributed by atoms with van der Waals surface area (Å²) in [6, 6.07) is 11.5. The summed E-state index contributed by atoms with van der Waals surface area (Å²) in [7, 11) is 2.41. The van der Waals surface area contributed by atoms with Crippen LogP contribution in [-0.2, 0) is 10.0 Å². The van der Waals surface area contributed by atoms with E-state index in [9.17, 15) is 13.2 Å². The number of hydrogen-bond donors (Lipinski definition) is 1. The molecule has 1 N–H and O–H groups in total. The summed E-state index contributed by atoms with van der Waals surface area (Å²) in [5.41, 5.74) is 1.38. The minimum Gasteiger partial charge on any atom is -0.493 e. The van der Waals surface area contributed by atoms with E-state index in [0.717, 1.165) is 9.87 Å². The molecule has 0 saturated heterocycles. The standard InChI is InChI=1S/C20H21N3O5S2/c1-23(2)30(25,26)15-7-5-6-14(11-15)21-19(24)16-12-29-20(22-16)13-8-9-17(27-3)18(10-13)28-4/h5-12H,1-4H3,(H,21,24). The molecular formula is C20H21N3O5S2. The van der Waals surface area contributed by atoms with Crippen LogP contribution in [0, 0.1) is 0 Å². The molecule has 0 unspecified atom stereocenters. The highest BCUT2D eigenvalue weighted by atomic mass is 32.2. The van der Waals surface area contributed by atoms with E-state index in [4.69, 9.17) is 9.47 Å². The number of hydrogen-bond acceptors (Lipinski definition) is 7. The second kappa shape index (κ2) is 8.82. The molecule has 0 saturated carbocycles. The number of carbonyl (C=O) groups is 1. The minimum atomic E-state index is -3.60. The van der Waals surface area contributed by atoms with Crippen molar-refractivity contribution in [2.45, 2.75) is 4.90 Å². The predicted molar refractivity (Wildman–Crippen MR) is 116 cm³/mol. The van der Waals surface area contributed by atoms with Gasteiger partial charge in [0.2, 0.25) is 10.0 Å². The van der Waals surface area contributed by atoms with E-state index in [-0.39, 0.29) is 10.6 Å². The van der Waals surface area contributed by atoms with Crippen molar-refractivity contribution < 1.29 is 22.7 Å². The quantitative estimate of drug-likeness (QED) is 0.597. The molecule has 158 valence electrons. The van der Waals surface area contributed by atoms with Gasteiger partial charge in [0, 0.05) is 30.7 Å². The fourth-order valence-corrected chi connectivity index (χ4v) is 4.37. The van der Waals surface area contributed by atoms with Crippen molar-refractivity contribution in [1.82, 2.24) is 9.29 Å². The average molecular weight is 448 g/mol. The summed E-state index contributed by atoms with van der Waals surface area (Å²) in [6.07, 6.45) is 0. The molecule has 0 spiro atoms. The van der Waals surface area contributed by atoms with Gasteiger partial charge in [-0.15, -0.1) is 11.3 Å².